The Hall–Kier alpha value is -3.39. The van der Waals surface area contributed by atoms with Gasteiger partial charge in [-0.25, -0.2) is 0 Å². The van der Waals surface area contributed by atoms with Crippen molar-refractivity contribution in [1.82, 2.24) is 4.57 Å². The zero-order chi connectivity index (χ0) is 19.6. The van der Waals surface area contributed by atoms with Crippen LogP contribution in [0.1, 0.15) is 26.4 Å². The summed E-state index contributed by atoms with van der Waals surface area (Å²) >= 11 is 0. The van der Waals surface area contributed by atoms with E-state index in [1.807, 2.05) is 6.07 Å². The maximum absolute atomic E-state index is 12.4. The van der Waals surface area contributed by atoms with Crippen molar-refractivity contribution in [3.63, 3.8) is 0 Å². The van der Waals surface area contributed by atoms with Crippen molar-refractivity contribution in [3.8, 4) is 5.75 Å². The van der Waals surface area contributed by atoms with E-state index in [0.717, 1.165) is 6.07 Å². The molecule has 8 heteroatoms. The average Bonchev–Trinajstić information content (AvgIpc) is 3.05. The van der Waals surface area contributed by atoms with Crippen molar-refractivity contribution in [1.29, 1.82) is 0 Å². The third-order valence-electron chi connectivity index (χ3n) is 3.88. The van der Waals surface area contributed by atoms with Gasteiger partial charge >= 0.3 is 10.1 Å². The highest BCUT2D eigenvalue weighted by molar-refractivity contribution is 7.87. The molecule has 1 heterocycles. The summed E-state index contributed by atoms with van der Waals surface area (Å²) in [7, 11) is -2.64. The minimum absolute atomic E-state index is 0.0426. The third-order valence-corrected chi connectivity index (χ3v) is 5.09. The quantitative estimate of drug-likeness (QED) is 0.517. The Labute approximate surface area is 156 Å². The Morgan fingerprint density at radius 3 is 2.11 bits per heavy atom. The van der Waals surface area contributed by atoms with E-state index in [9.17, 15) is 18.0 Å². The highest BCUT2D eigenvalue weighted by atomic mass is 32.2. The Balaban J connectivity index is 1.81. The number of rotatable bonds is 6. The molecule has 2 N–H and O–H groups in total. The van der Waals surface area contributed by atoms with Crippen LogP contribution in [-0.2, 0) is 17.2 Å². The monoisotopic (exact) mass is 384 g/mol. The van der Waals surface area contributed by atoms with Gasteiger partial charge in [-0.2, -0.15) is 8.42 Å². The van der Waals surface area contributed by atoms with Crippen LogP contribution in [0, 0.1) is 0 Å². The largest absolute Gasteiger partial charge is 0.379 e. The van der Waals surface area contributed by atoms with Gasteiger partial charge in [0.15, 0.2) is 5.78 Å². The summed E-state index contributed by atoms with van der Waals surface area (Å²) in [6.07, 6.45) is 1.24. The molecule has 7 nitrogen and oxygen atoms in total. The molecule has 3 rings (SSSR count). The standard InChI is InChI=1S/C19H16N2O5S/c1-21-12-16(11-17(21)19(20)23)27(24,25)26-15-9-7-14(8-10-15)18(22)13-5-3-2-4-6-13/h2-12H,1H3,(H2,20,23). The van der Waals surface area contributed by atoms with Gasteiger partial charge in [-0.3, -0.25) is 9.59 Å². The minimum Gasteiger partial charge on any atom is -0.379 e. The zero-order valence-corrected chi connectivity index (χ0v) is 15.1. The number of primary amides is 1. The number of hydrogen-bond donors (Lipinski definition) is 1. The fourth-order valence-electron chi connectivity index (χ4n) is 2.51. The van der Waals surface area contributed by atoms with Crippen molar-refractivity contribution in [3.05, 3.63) is 83.7 Å². The molecular weight excluding hydrogens is 368 g/mol. The lowest BCUT2D eigenvalue weighted by molar-refractivity contribution is 0.0991. The molecular formula is C19H16N2O5S. The lowest BCUT2D eigenvalue weighted by atomic mass is 10.0. The Kier molecular flexibility index (Phi) is 4.83. The number of carbonyl (C=O) groups is 2. The summed E-state index contributed by atoms with van der Waals surface area (Å²) in [6.45, 7) is 0. The molecule has 0 aliphatic carbocycles. The van der Waals surface area contributed by atoms with Crippen molar-refractivity contribution in [2.45, 2.75) is 4.90 Å². The van der Waals surface area contributed by atoms with Crippen LogP contribution in [0.3, 0.4) is 0 Å². The van der Waals surface area contributed by atoms with Crippen LogP contribution in [0.15, 0.2) is 71.8 Å². The lowest BCUT2D eigenvalue weighted by Crippen LogP contribution is -2.14. The second-order valence-electron chi connectivity index (χ2n) is 5.79. The molecule has 1 amide bonds. The van der Waals surface area contributed by atoms with Crippen molar-refractivity contribution < 1.29 is 22.2 Å². The number of hydrogen-bond acceptors (Lipinski definition) is 5. The molecule has 0 aliphatic heterocycles. The topological polar surface area (TPSA) is 108 Å². The Bertz CT molecular complexity index is 1100. The van der Waals surface area contributed by atoms with Gasteiger partial charge in [-0.1, -0.05) is 30.3 Å². The number of carbonyl (C=O) groups excluding carboxylic acids is 2. The van der Waals surface area contributed by atoms with Gasteiger partial charge in [0.05, 0.1) is 0 Å². The first-order valence-corrected chi connectivity index (χ1v) is 9.29. The van der Waals surface area contributed by atoms with E-state index in [1.54, 1.807) is 24.3 Å². The first-order valence-electron chi connectivity index (χ1n) is 7.88. The lowest BCUT2D eigenvalue weighted by Gasteiger charge is -2.06. The van der Waals surface area contributed by atoms with E-state index >= 15 is 0 Å². The SMILES string of the molecule is Cn1cc(S(=O)(=O)Oc2ccc(C(=O)c3ccccc3)cc2)cc1C(N)=O. The average molecular weight is 384 g/mol. The normalized spacial score (nSPS) is 11.1. The van der Waals surface area contributed by atoms with Crippen molar-refractivity contribution >= 4 is 21.8 Å². The van der Waals surface area contributed by atoms with Gasteiger partial charge < -0.3 is 14.5 Å². The molecule has 0 unspecified atom stereocenters. The molecule has 0 saturated heterocycles. The fraction of sp³-hybridized carbons (Fsp3) is 0.0526. The number of nitrogens with two attached hydrogens (primary N) is 1. The molecule has 0 fully saturated rings. The Morgan fingerprint density at radius 2 is 1.56 bits per heavy atom. The van der Waals surface area contributed by atoms with Crippen LogP contribution in [0.4, 0.5) is 0 Å². The number of aryl methyl sites for hydroxylation is 1. The number of benzene rings is 2. The highest BCUT2D eigenvalue weighted by Gasteiger charge is 2.22. The number of ketones is 1. The van der Waals surface area contributed by atoms with Gasteiger partial charge in [0.1, 0.15) is 16.3 Å². The minimum atomic E-state index is -4.15. The van der Waals surface area contributed by atoms with E-state index in [0.29, 0.717) is 11.1 Å². The predicted molar refractivity (Wildman–Crippen MR) is 98.1 cm³/mol. The second kappa shape index (κ2) is 7.08. The van der Waals surface area contributed by atoms with Crippen molar-refractivity contribution in [2.75, 3.05) is 0 Å². The van der Waals surface area contributed by atoms with Crippen LogP contribution in [0.2, 0.25) is 0 Å². The molecule has 138 valence electrons. The van der Waals surface area contributed by atoms with E-state index in [1.165, 1.54) is 42.1 Å². The van der Waals surface area contributed by atoms with Gasteiger partial charge in [0.2, 0.25) is 0 Å². The molecule has 0 spiro atoms. The van der Waals surface area contributed by atoms with Crippen LogP contribution in [-0.4, -0.2) is 24.7 Å². The molecule has 0 bridgehead atoms. The molecule has 0 atom stereocenters. The third kappa shape index (κ3) is 3.90. The number of nitrogens with zero attached hydrogens (tertiary/aromatic N) is 1. The van der Waals surface area contributed by atoms with E-state index in [4.69, 9.17) is 9.92 Å². The van der Waals surface area contributed by atoms with Gasteiger partial charge in [-0.15, -0.1) is 0 Å². The first kappa shape index (κ1) is 18.4. The summed E-state index contributed by atoms with van der Waals surface area (Å²) < 4.78 is 31.1. The maximum atomic E-state index is 12.4. The summed E-state index contributed by atoms with van der Waals surface area (Å²) in [5.74, 6) is -0.883. The molecule has 0 aliphatic rings. The van der Waals surface area contributed by atoms with Crippen molar-refractivity contribution in [2.24, 2.45) is 12.8 Å². The Morgan fingerprint density at radius 1 is 0.963 bits per heavy atom. The second-order valence-corrected chi connectivity index (χ2v) is 7.34. The van der Waals surface area contributed by atoms with Crippen LogP contribution in [0.5, 0.6) is 5.75 Å². The first-order chi connectivity index (χ1) is 12.8. The molecule has 27 heavy (non-hydrogen) atoms. The fourth-order valence-corrected chi connectivity index (χ4v) is 3.51. The number of aromatic nitrogens is 1. The highest BCUT2D eigenvalue weighted by Crippen LogP contribution is 2.21. The molecule has 3 aromatic rings. The van der Waals surface area contributed by atoms with Gasteiger partial charge in [0.25, 0.3) is 5.91 Å². The van der Waals surface area contributed by atoms with Crippen LogP contribution in [0.25, 0.3) is 0 Å². The van der Waals surface area contributed by atoms with Crippen LogP contribution >= 0.6 is 0 Å². The predicted octanol–water partition coefficient (Wildman–Crippen LogP) is 2.12. The van der Waals surface area contributed by atoms with Crippen LogP contribution < -0.4 is 9.92 Å². The summed E-state index contributed by atoms with van der Waals surface area (Å²) in [6, 6.07) is 15.6. The maximum Gasteiger partial charge on any atom is 0.340 e. The van der Waals surface area contributed by atoms with E-state index in [-0.39, 0.29) is 22.1 Å². The van der Waals surface area contributed by atoms with Gasteiger partial charge in [-0.05, 0) is 30.3 Å². The molecule has 2 aromatic carbocycles. The van der Waals surface area contributed by atoms with Gasteiger partial charge in [0, 0.05) is 24.4 Å². The molecule has 1 aromatic heterocycles. The number of amides is 1. The summed E-state index contributed by atoms with van der Waals surface area (Å²) in [5.41, 5.74) is 6.17. The van der Waals surface area contributed by atoms with E-state index in [2.05, 4.69) is 0 Å². The summed E-state index contributed by atoms with van der Waals surface area (Å²) in [4.78, 5) is 23.4. The molecule has 0 radical (unpaired) electrons. The smallest absolute Gasteiger partial charge is 0.340 e. The summed E-state index contributed by atoms with van der Waals surface area (Å²) in [5, 5.41) is 0. The van der Waals surface area contributed by atoms with E-state index < -0.39 is 16.0 Å². The molecule has 0 saturated carbocycles. The zero-order valence-electron chi connectivity index (χ0n) is 14.3.